The lowest BCUT2D eigenvalue weighted by Gasteiger charge is -2.31. The van der Waals surface area contributed by atoms with E-state index in [0.717, 1.165) is 13.1 Å². The summed E-state index contributed by atoms with van der Waals surface area (Å²) in [7, 11) is 2.12. The Morgan fingerprint density at radius 1 is 1.11 bits per heavy atom. The van der Waals surface area contributed by atoms with Crippen LogP contribution in [0.3, 0.4) is 0 Å². The largest absolute Gasteiger partial charge is 0.391 e. The van der Waals surface area contributed by atoms with Gasteiger partial charge < -0.3 is 10.2 Å². The average molecular weight is 264 g/mol. The van der Waals surface area contributed by atoms with Gasteiger partial charge in [0.25, 0.3) is 0 Å². The fraction of sp³-hybridized carbons (Fsp3) is 1.00. The molecule has 0 aromatic heterocycles. The number of rotatable bonds is 3. The zero-order chi connectivity index (χ0) is 13.2. The predicted octanol–water partition coefficient (Wildman–Crippen LogP) is 2.79. The smallest absolute Gasteiger partial charge is 0.312 e. The molecule has 0 aromatic rings. The standard InChI is InChI=1S/C13H23F3N2/c1-18-8-2-3-12(18)9-17-11-6-4-10(5-7-11)13(14,15)16/h10-12,17H,2-9H2,1H3. The lowest BCUT2D eigenvalue weighted by Crippen LogP contribution is -2.43. The number of likely N-dealkylation sites (tertiary alicyclic amines) is 1. The highest BCUT2D eigenvalue weighted by atomic mass is 19.4. The highest BCUT2D eigenvalue weighted by Gasteiger charge is 2.41. The lowest BCUT2D eigenvalue weighted by molar-refractivity contribution is -0.182. The van der Waals surface area contributed by atoms with Gasteiger partial charge in [-0.15, -0.1) is 0 Å². The summed E-state index contributed by atoms with van der Waals surface area (Å²) in [4.78, 5) is 2.34. The minimum atomic E-state index is -3.99. The molecule has 0 spiro atoms. The number of alkyl halides is 3. The maximum absolute atomic E-state index is 12.5. The molecule has 2 rings (SSSR count). The fourth-order valence-corrected chi connectivity index (χ4v) is 3.16. The minimum absolute atomic E-state index is 0.289. The molecular weight excluding hydrogens is 241 g/mol. The molecule has 0 amide bonds. The van der Waals surface area contributed by atoms with Crippen molar-refractivity contribution < 1.29 is 13.2 Å². The van der Waals surface area contributed by atoms with Crippen LogP contribution < -0.4 is 5.32 Å². The van der Waals surface area contributed by atoms with Crippen molar-refractivity contribution >= 4 is 0 Å². The van der Waals surface area contributed by atoms with Crippen LogP contribution in [0.2, 0.25) is 0 Å². The average Bonchev–Trinajstić information content (AvgIpc) is 2.72. The van der Waals surface area contributed by atoms with Crippen LogP contribution in [0.5, 0.6) is 0 Å². The van der Waals surface area contributed by atoms with E-state index in [0.29, 0.717) is 31.7 Å². The molecule has 0 aromatic carbocycles. The summed E-state index contributed by atoms with van der Waals surface area (Å²) in [6.45, 7) is 2.07. The van der Waals surface area contributed by atoms with Crippen LogP contribution in [0.4, 0.5) is 13.2 Å². The molecule has 1 saturated heterocycles. The van der Waals surface area contributed by atoms with E-state index in [1.165, 1.54) is 12.8 Å². The van der Waals surface area contributed by atoms with E-state index in [4.69, 9.17) is 0 Å². The van der Waals surface area contributed by atoms with Crippen molar-refractivity contribution in [3.05, 3.63) is 0 Å². The minimum Gasteiger partial charge on any atom is -0.312 e. The van der Waals surface area contributed by atoms with Gasteiger partial charge >= 0.3 is 6.18 Å². The first kappa shape index (κ1) is 14.1. The second-order valence-electron chi connectivity index (χ2n) is 5.78. The van der Waals surface area contributed by atoms with Crippen molar-refractivity contribution in [1.29, 1.82) is 0 Å². The highest BCUT2D eigenvalue weighted by Crippen LogP contribution is 2.37. The molecule has 0 radical (unpaired) electrons. The molecule has 106 valence electrons. The molecule has 1 saturated carbocycles. The Morgan fingerprint density at radius 3 is 2.28 bits per heavy atom. The van der Waals surface area contributed by atoms with Crippen LogP contribution in [0.15, 0.2) is 0 Å². The second kappa shape index (κ2) is 5.78. The van der Waals surface area contributed by atoms with E-state index in [2.05, 4.69) is 17.3 Å². The zero-order valence-corrected chi connectivity index (χ0v) is 11.0. The van der Waals surface area contributed by atoms with Gasteiger partial charge in [0.05, 0.1) is 5.92 Å². The molecule has 1 N–H and O–H groups in total. The van der Waals surface area contributed by atoms with E-state index in [-0.39, 0.29) is 6.04 Å². The molecule has 18 heavy (non-hydrogen) atoms. The Morgan fingerprint density at radius 2 is 1.78 bits per heavy atom. The summed E-state index contributed by atoms with van der Waals surface area (Å²) >= 11 is 0. The summed E-state index contributed by atoms with van der Waals surface area (Å²) in [6.07, 6.45) is 0.381. The molecule has 1 heterocycles. The monoisotopic (exact) mass is 264 g/mol. The van der Waals surface area contributed by atoms with Crippen LogP contribution in [-0.2, 0) is 0 Å². The summed E-state index contributed by atoms with van der Waals surface area (Å²) in [5.74, 6) is -1.07. The molecular formula is C13H23F3N2. The number of nitrogens with one attached hydrogen (secondary N) is 1. The van der Waals surface area contributed by atoms with E-state index in [9.17, 15) is 13.2 Å². The zero-order valence-electron chi connectivity index (χ0n) is 11.0. The highest BCUT2D eigenvalue weighted by molar-refractivity contribution is 4.84. The van der Waals surface area contributed by atoms with Gasteiger partial charge in [0, 0.05) is 18.6 Å². The predicted molar refractivity (Wildman–Crippen MR) is 65.5 cm³/mol. The summed E-state index contributed by atoms with van der Waals surface area (Å²) in [6, 6.07) is 0.864. The third-order valence-corrected chi connectivity index (χ3v) is 4.50. The fourth-order valence-electron chi connectivity index (χ4n) is 3.16. The molecule has 1 aliphatic carbocycles. The molecule has 1 unspecified atom stereocenters. The topological polar surface area (TPSA) is 15.3 Å². The van der Waals surface area contributed by atoms with Gasteiger partial charge in [-0.2, -0.15) is 13.2 Å². The van der Waals surface area contributed by atoms with Crippen LogP contribution in [0, 0.1) is 5.92 Å². The number of nitrogens with zero attached hydrogens (tertiary/aromatic N) is 1. The van der Waals surface area contributed by atoms with Crippen molar-refractivity contribution in [2.45, 2.75) is 56.8 Å². The first-order valence-corrected chi connectivity index (χ1v) is 6.97. The summed E-state index contributed by atoms with van der Waals surface area (Å²) in [5.41, 5.74) is 0. The Kier molecular flexibility index (Phi) is 4.54. The Hall–Kier alpha value is -0.290. The normalized spacial score (nSPS) is 35.0. The van der Waals surface area contributed by atoms with Crippen LogP contribution in [0.25, 0.3) is 0 Å². The van der Waals surface area contributed by atoms with Crippen molar-refractivity contribution in [2.24, 2.45) is 5.92 Å². The SMILES string of the molecule is CN1CCCC1CNC1CCC(C(F)(F)F)CC1. The van der Waals surface area contributed by atoms with Gasteiger partial charge in [-0.3, -0.25) is 0 Å². The van der Waals surface area contributed by atoms with Crippen LogP contribution in [0.1, 0.15) is 38.5 Å². The van der Waals surface area contributed by atoms with Gasteiger partial charge in [-0.25, -0.2) is 0 Å². The van der Waals surface area contributed by atoms with Crippen LogP contribution >= 0.6 is 0 Å². The molecule has 2 aliphatic rings. The van der Waals surface area contributed by atoms with Gasteiger partial charge in [-0.1, -0.05) is 0 Å². The quantitative estimate of drug-likeness (QED) is 0.843. The Bertz CT molecular complexity index is 259. The maximum atomic E-state index is 12.5. The van der Waals surface area contributed by atoms with Gasteiger partial charge in [0.1, 0.15) is 0 Å². The first-order chi connectivity index (χ1) is 8.47. The number of halogens is 3. The van der Waals surface area contributed by atoms with Crippen molar-refractivity contribution in [3.8, 4) is 0 Å². The van der Waals surface area contributed by atoms with Crippen molar-refractivity contribution in [1.82, 2.24) is 10.2 Å². The number of hydrogen-bond acceptors (Lipinski definition) is 2. The van der Waals surface area contributed by atoms with Gasteiger partial charge in [0.2, 0.25) is 0 Å². The maximum Gasteiger partial charge on any atom is 0.391 e. The summed E-state index contributed by atoms with van der Waals surface area (Å²) < 4.78 is 37.6. The third-order valence-electron chi connectivity index (χ3n) is 4.50. The molecule has 5 heteroatoms. The summed E-state index contributed by atoms with van der Waals surface area (Å²) in [5, 5.41) is 3.46. The molecule has 1 aliphatic heterocycles. The molecule has 0 bridgehead atoms. The second-order valence-corrected chi connectivity index (χ2v) is 5.78. The Labute approximate surface area is 107 Å². The van der Waals surface area contributed by atoms with Gasteiger partial charge in [-0.05, 0) is 52.1 Å². The van der Waals surface area contributed by atoms with E-state index in [1.54, 1.807) is 0 Å². The third kappa shape index (κ3) is 3.60. The first-order valence-electron chi connectivity index (χ1n) is 6.97. The van der Waals surface area contributed by atoms with Crippen LogP contribution in [-0.4, -0.2) is 43.3 Å². The molecule has 1 atom stereocenters. The lowest BCUT2D eigenvalue weighted by atomic mass is 9.85. The molecule has 2 nitrogen and oxygen atoms in total. The van der Waals surface area contributed by atoms with Gasteiger partial charge in [0.15, 0.2) is 0 Å². The van der Waals surface area contributed by atoms with E-state index in [1.807, 2.05) is 0 Å². The van der Waals surface area contributed by atoms with E-state index >= 15 is 0 Å². The Balaban J connectivity index is 1.67. The number of hydrogen-bond donors (Lipinski definition) is 1. The van der Waals surface area contributed by atoms with Crippen molar-refractivity contribution in [3.63, 3.8) is 0 Å². The number of likely N-dealkylation sites (N-methyl/N-ethyl adjacent to an activating group) is 1. The molecule has 2 fully saturated rings. The van der Waals surface area contributed by atoms with Crippen molar-refractivity contribution in [2.75, 3.05) is 20.1 Å². The van der Waals surface area contributed by atoms with E-state index < -0.39 is 12.1 Å².